The normalized spacial score (nSPS) is 10.5. The Morgan fingerprint density at radius 2 is 2.16 bits per heavy atom. The molecule has 0 spiro atoms. The van der Waals surface area contributed by atoms with Crippen LogP contribution in [0.4, 0.5) is 10.1 Å². The minimum Gasteiger partial charge on any atom is -0.395 e. The van der Waals surface area contributed by atoms with E-state index in [1.54, 1.807) is 12.1 Å². The number of nitrogens with two attached hydrogens (primary N) is 1. The molecule has 0 aliphatic carbocycles. The van der Waals surface area contributed by atoms with Crippen molar-refractivity contribution in [3.63, 3.8) is 0 Å². The van der Waals surface area contributed by atoms with Crippen LogP contribution in [0.5, 0.6) is 0 Å². The van der Waals surface area contributed by atoms with Crippen LogP contribution in [0.15, 0.2) is 16.6 Å². The van der Waals surface area contributed by atoms with E-state index < -0.39 is 5.82 Å². The SMILES string of the molecule is CCCCN(CCO)c1ccc(C(N)=S)c(Br)c1F. The van der Waals surface area contributed by atoms with Crippen LogP contribution in [0, 0.1) is 5.82 Å². The molecule has 0 saturated heterocycles. The minimum absolute atomic E-state index is 0.0160. The number of aliphatic hydroxyl groups is 1. The first kappa shape index (κ1) is 16.3. The van der Waals surface area contributed by atoms with Crippen molar-refractivity contribution in [1.29, 1.82) is 0 Å². The summed E-state index contributed by atoms with van der Waals surface area (Å²) < 4.78 is 14.6. The molecule has 0 saturated carbocycles. The number of benzene rings is 1. The van der Waals surface area contributed by atoms with Gasteiger partial charge in [0.25, 0.3) is 0 Å². The quantitative estimate of drug-likeness (QED) is 0.744. The molecule has 19 heavy (non-hydrogen) atoms. The Bertz CT molecular complexity index is 457. The Balaban J connectivity index is 3.10. The molecule has 0 aromatic heterocycles. The van der Waals surface area contributed by atoms with Crippen molar-refractivity contribution in [2.24, 2.45) is 5.73 Å². The Morgan fingerprint density at radius 3 is 2.68 bits per heavy atom. The van der Waals surface area contributed by atoms with Gasteiger partial charge in [0, 0.05) is 18.7 Å². The maximum Gasteiger partial charge on any atom is 0.161 e. The summed E-state index contributed by atoms with van der Waals surface area (Å²) in [6, 6.07) is 3.35. The number of hydrogen-bond acceptors (Lipinski definition) is 3. The van der Waals surface area contributed by atoms with Crippen LogP contribution in [0.1, 0.15) is 25.3 Å². The van der Waals surface area contributed by atoms with E-state index in [-0.39, 0.29) is 16.1 Å². The molecule has 1 aromatic rings. The molecule has 0 fully saturated rings. The van der Waals surface area contributed by atoms with Gasteiger partial charge in [0.05, 0.1) is 16.8 Å². The van der Waals surface area contributed by atoms with Crippen molar-refractivity contribution in [3.05, 3.63) is 28.0 Å². The molecule has 106 valence electrons. The third-order valence-corrected chi connectivity index (χ3v) is 3.81. The Hall–Kier alpha value is -0.720. The summed E-state index contributed by atoms with van der Waals surface area (Å²) in [5, 5.41) is 9.08. The summed E-state index contributed by atoms with van der Waals surface area (Å²) >= 11 is 8.05. The second kappa shape index (κ2) is 7.77. The van der Waals surface area contributed by atoms with E-state index >= 15 is 0 Å². The number of anilines is 1. The van der Waals surface area contributed by atoms with E-state index in [4.69, 9.17) is 23.1 Å². The van der Waals surface area contributed by atoms with Gasteiger partial charge in [-0.2, -0.15) is 0 Å². The number of halogens is 2. The fraction of sp³-hybridized carbons (Fsp3) is 0.462. The van der Waals surface area contributed by atoms with E-state index in [0.29, 0.717) is 24.3 Å². The number of aliphatic hydroxyl groups excluding tert-OH is 1. The van der Waals surface area contributed by atoms with Crippen LogP contribution in [0.3, 0.4) is 0 Å². The lowest BCUT2D eigenvalue weighted by molar-refractivity contribution is 0.301. The van der Waals surface area contributed by atoms with Crippen LogP contribution in [0.25, 0.3) is 0 Å². The van der Waals surface area contributed by atoms with Gasteiger partial charge >= 0.3 is 0 Å². The number of nitrogens with zero attached hydrogens (tertiary/aromatic N) is 1. The van der Waals surface area contributed by atoms with Crippen molar-refractivity contribution in [1.82, 2.24) is 0 Å². The van der Waals surface area contributed by atoms with Crippen LogP contribution in [-0.4, -0.2) is 29.8 Å². The average molecular weight is 349 g/mol. The molecule has 0 bridgehead atoms. The number of hydrogen-bond donors (Lipinski definition) is 2. The first-order valence-electron chi connectivity index (χ1n) is 6.16. The van der Waals surface area contributed by atoms with Crippen LogP contribution in [-0.2, 0) is 0 Å². The largest absolute Gasteiger partial charge is 0.395 e. The van der Waals surface area contributed by atoms with Crippen LogP contribution < -0.4 is 10.6 Å². The zero-order chi connectivity index (χ0) is 14.4. The molecule has 0 unspecified atom stereocenters. The molecule has 0 amide bonds. The lowest BCUT2D eigenvalue weighted by Gasteiger charge is -2.25. The molecule has 1 rings (SSSR count). The summed E-state index contributed by atoms with van der Waals surface area (Å²) in [6.45, 7) is 3.15. The molecular formula is C13H18BrFN2OS. The molecule has 0 aliphatic heterocycles. The van der Waals surface area contributed by atoms with Crippen molar-refractivity contribution < 1.29 is 9.50 Å². The molecule has 0 heterocycles. The Labute approximate surface area is 126 Å². The third kappa shape index (κ3) is 4.12. The highest BCUT2D eigenvalue weighted by molar-refractivity contribution is 9.10. The fourth-order valence-corrected chi connectivity index (χ4v) is 2.65. The summed E-state index contributed by atoms with van der Waals surface area (Å²) in [7, 11) is 0. The maximum absolute atomic E-state index is 14.3. The van der Waals surface area contributed by atoms with E-state index in [1.165, 1.54) is 0 Å². The Kier molecular flexibility index (Phi) is 6.68. The van der Waals surface area contributed by atoms with E-state index in [1.807, 2.05) is 4.90 Å². The van der Waals surface area contributed by atoms with Crippen molar-refractivity contribution in [2.45, 2.75) is 19.8 Å². The lowest BCUT2D eigenvalue weighted by Crippen LogP contribution is -2.29. The third-order valence-electron chi connectivity index (χ3n) is 2.82. The van der Waals surface area contributed by atoms with Gasteiger partial charge < -0.3 is 15.7 Å². The van der Waals surface area contributed by atoms with Gasteiger partial charge in [-0.25, -0.2) is 4.39 Å². The highest BCUT2D eigenvalue weighted by atomic mass is 79.9. The second-order valence-electron chi connectivity index (χ2n) is 4.19. The van der Waals surface area contributed by atoms with Crippen LogP contribution in [0.2, 0.25) is 0 Å². The first-order chi connectivity index (χ1) is 9.02. The summed E-state index contributed by atoms with van der Waals surface area (Å²) in [4.78, 5) is 1.98. The van der Waals surface area contributed by atoms with Crippen molar-refractivity contribution >= 4 is 38.8 Å². The van der Waals surface area contributed by atoms with Gasteiger partial charge in [-0.15, -0.1) is 0 Å². The summed E-state index contributed by atoms with van der Waals surface area (Å²) in [5.74, 6) is -0.394. The highest BCUT2D eigenvalue weighted by Crippen LogP contribution is 2.29. The highest BCUT2D eigenvalue weighted by Gasteiger charge is 2.17. The summed E-state index contributed by atoms with van der Waals surface area (Å²) in [5.41, 5.74) is 6.46. The lowest BCUT2D eigenvalue weighted by atomic mass is 10.1. The maximum atomic E-state index is 14.3. The smallest absolute Gasteiger partial charge is 0.161 e. The van der Waals surface area contributed by atoms with Gasteiger partial charge in [-0.05, 0) is 34.5 Å². The van der Waals surface area contributed by atoms with Gasteiger partial charge in [0.1, 0.15) is 4.99 Å². The predicted molar refractivity (Wildman–Crippen MR) is 84.2 cm³/mol. The van der Waals surface area contributed by atoms with E-state index in [9.17, 15) is 4.39 Å². The number of rotatable bonds is 7. The predicted octanol–water partition coefficient (Wildman–Crippen LogP) is 2.82. The van der Waals surface area contributed by atoms with Gasteiger partial charge in [-0.3, -0.25) is 0 Å². The fourth-order valence-electron chi connectivity index (χ4n) is 1.80. The summed E-state index contributed by atoms with van der Waals surface area (Å²) in [6.07, 6.45) is 1.95. The molecule has 0 radical (unpaired) electrons. The van der Waals surface area contributed by atoms with Crippen LogP contribution >= 0.6 is 28.1 Å². The average Bonchev–Trinajstić information content (AvgIpc) is 2.37. The standard InChI is InChI=1S/C13H18BrFN2OS/c1-2-3-6-17(7-8-18)10-5-4-9(13(16)19)11(14)12(10)15/h4-5,18H,2-3,6-8H2,1H3,(H2,16,19). The van der Waals surface area contributed by atoms with E-state index in [2.05, 4.69) is 22.9 Å². The molecule has 3 nitrogen and oxygen atoms in total. The molecule has 3 N–H and O–H groups in total. The molecule has 1 aromatic carbocycles. The number of unbranched alkanes of at least 4 members (excludes halogenated alkanes) is 1. The molecular weight excluding hydrogens is 331 g/mol. The second-order valence-corrected chi connectivity index (χ2v) is 5.42. The van der Waals surface area contributed by atoms with Crippen molar-refractivity contribution in [2.75, 3.05) is 24.6 Å². The minimum atomic E-state index is -0.394. The zero-order valence-corrected chi connectivity index (χ0v) is 13.2. The molecule has 0 aliphatic rings. The van der Waals surface area contributed by atoms with Gasteiger partial charge in [0.15, 0.2) is 5.82 Å². The van der Waals surface area contributed by atoms with Gasteiger partial charge in [0.2, 0.25) is 0 Å². The topological polar surface area (TPSA) is 49.5 Å². The van der Waals surface area contributed by atoms with Gasteiger partial charge in [-0.1, -0.05) is 25.6 Å². The zero-order valence-electron chi connectivity index (χ0n) is 10.8. The van der Waals surface area contributed by atoms with E-state index in [0.717, 1.165) is 12.8 Å². The molecule has 6 heteroatoms. The monoisotopic (exact) mass is 348 g/mol. The first-order valence-corrected chi connectivity index (χ1v) is 7.36. The molecule has 0 atom stereocenters. The van der Waals surface area contributed by atoms with Crippen molar-refractivity contribution in [3.8, 4) is 0 Å². The Morgan fingerprint density at radius 1 is 1.47 bits per heavy atom. The number of thiocarbonyl (C=S) groups is 1.